The number of hydrogen-bond donors (Lipinski definition) is 2. The summed E-state index contributed by atoms with van der Waals surface area (Å²) in [7, 11) is 0. The van der Waals surface area contributed by atoms with Gasteiger partial charge in [-0.2, -0.15) is 0 Å². The Morgan fingerprint density at radius 1 is 1.05 bits per heavy atom. The van der Waals surface area contributed by atoms with E-state index in [1.54, 1.807) is 18.2 Å². The van der Waals surface area contributed by atoms with Crippen molar-refractivity contribution >= 4 is 17.3 Å². The molecule has 0 aromatic heterocycles. The highest BCUT2D eigenvalue weighted by Gasteiger charge is 2.14. The summed E-state index contributed by atoms with van der Waals surface area (Å²) in [5.41, 5.74) is 16.4. The molecule has 1 aliphatic carbocycles. The molecule has 0 radical (unpaired) electrons. The minimum absolute atomic E-state index is 0.260. The van der Waals surface area contributed by atoms with E-state index in [0.717, 1.165) is 18.4 Å². The molecule has 0 fully saturated rings. The van der Waals surface area contributed by atoms with Gasteiger partial charge >= 0.3 is 5.97 Å². The summed E-state index contributed by atoms with van der Waals surface area (Å²) in [6.45, 7) is 0.260. The van der Waals surface area contributed by atoms with Crippen molar-refractivity contribution in [2.45, 2.75) is 25.9 Å². The second kappa shape index (κ2) is 5.48. The van der Waals surface area contributed by atoms with Crippen LogP contribution in [-0.2, 0) is 24.2 Å². The minimum Gasteiger partial charge on any atom is -0.457 e. The zero-order valence-corrected chi connectivity index (χ0v) is 11.8. The molecular formula is C17H18N2O2. The number of aryl methyl sites for hydroxylation is 2. The van der Waals surface area contributed by atoms with Crippen molar-refractivity contribution in [2.75, 3.05) is 11.5 Å². The Balaban J connectivity index is 1.68. The number of anilines is 2. The third-order valence-corrected chi connectivity index (χ3v) is 3.83. The first-order valence-electron chi connectivity index (χ1n) is 7.06. The molecule has 0 aliphatic heterocycles. The fraction of sp³-hybridized carbons (Fsp3) is 0.235. The van der Waals surface area contributed by atoms with Crippen LogP contribution in [0.5, 0.6) is 0 Å². The van der Waals surface area contributed by atoms with Crippen LogP contribution in [0.25, 0.3) is 0 Å². The maximum atomic E-state index is 12.0. The zero-order chi connectivity index (χ0) is 14.8. The summed E-state index contributed by atoms with van der Waals surface area (Å²) < 4.78 is 5.33. The summed E-state index contributed by atoms with van der Waals surface area (Å²) in [5.74, 6) is -0.423. The van der Waals surface area contributed by atoms with Crippen LogP contribution in [0.1, 0.15) is 33.5 Å². The van der Waals surface area contributed by atoms with Crippen molar-refractivity contribution in [3.05, 3.63) is 58.7 Å². The molecule has 0 atom stereocenters. The first-order valence-corrected chi connectivity index (χ1v) is 7.06. The highest BCUT2D eigenvalue weighted by atomic mass is 16.5. The molecule has 21 heavy (non-hydrogen) atoms. The molecule has 0 saturated carbocycles. The maximum Gasteiger partial charge on any atom is 0.340 e. The first-order chi connectivity index (χ1) is 10.1. The molecule has 4 N–H and O–H groups in total. The molecule has 0 saturated heterocycles. The lowest BCUT2D eigenvalue weighted by Crippen LogP contribution is -2.08. The van der Waals surface area contributed by atoms with Gasteiger partial charge in [0, 0.05) is 11.4 Å². The Hall–Kier alpha value is -2.49. The third kappa shape index (κ3) is 2.84. The van der Waals surface area contributed by atoms with Gasteiger partial charge < -0.3 is 16.2 Å². The lowest BCUT2D eigenvalue weighted by Gasteiger charge is -2.09. The van der Waals surface area contributed by atoms with Crippen LogP contribution in [0.2, 0.25) is 0 Å². The average Bonchev–Trinajstić information content (AvgIpc) is 2.92. The van der Waals surface area contributed by atoms with Crippen LogP contribution in [0.15, 0.2) is 36.4 Å². The summed E-state index contributed by atoms with van der Waals surface area (Å²) in [6.07, 6.45) is 3.47. The van der Waals surface area contributed by atoms with Gasteiger partial charge in [0.05, 0.1) is 5.56 Å². The van der Waals surface area contributed by atoms with Gasteiger partial charge in [0.25, 0.3) is 0 Å². The number of nitrogen functional groups attached to an aromatic ring is 2. The molecule has 0 bridgehead atoms. The summed E-state index contributed by atoms with van der Waals surface area (Å²) in [5, 5.41) is 0. The van der Waals surface area contributed by atoms with Crippen molar-refractivity contribution < 1.29 is 9.53 Å². The van der Waals surface area contributed by atoms with E-state index in [0.29, 0.717) is 16.9 Å². The monoisotopic (exact) mass is 282 g/mol. The number of carbonyl (C=O) groups excluding carboxylic acids is 1. The molecular weight excluding hydrogens is 264 g/mol. The fourth-order valence-corrected chi connectivity index (χ4v) is 2.71. The van der Waals surface area contributed by atoms with E-state index in [1.807, 2.05) is 6.07 Å². The normalized spacial score (nSPS) is 13.0. The Labute approximate surface area is 123 Å². The van der Waals surface area contributed by atoms with Gasteiger partial charge in [0.15, 0.2) is 0 Å². The Morgan fingerprint density at radius 3 is 2.67 bits per heavy atom. The van der Waals surface area contributed by atoms with Gasteiger partial charge in [-0.1, -0.05) is 18.2 Å². The highest BCUT2D eigenvalue weighted by molar-refractivity contribution is 5.95. The molecule has 2 aromatic carbocycles. The minimum atomic E-state index is -0.423. The predicted molar refractivity (Wildman–Crippen MR) is 82.9 cm³/mol. The number of nitrogens with two attached hydrogens (primary N) is 2. The second-order valence-electron chi connectivity index (χ2n) is 5.38. The Kier molecular flexibility index (Phi) is 3.52. The van der Waals surface area contributed by atoms with E-state index in [2.05, 4.69) is 12.1 Å². The maximum absolute atomic E-state index is 12.0. The molecule has 0 spiro atoms. The molecule has 108 valence electrons. The lowest BCUT2D eigenvalue weighted by atomic mass is 10.1. The molecule has 4 heteroatoms. The molecule has 0 heterocycles. The van der Waals surface area contributed by atoms with Gasteiger partial charge in [0.2, 0.25) is 0 Å². The summed E-state index contributed by atoms with van der Waals surface area (Å²) >= 11 is 0. The van der Waals surface area contributed by atoms with Crippen molar-refractivity contribution in [1.82, 2.24) is 0 Å². The molecule has 4 nitrogen and oxygen atoms in total. The largest absolute Gasteiger partial charge is 0.457 e. The fourth-order valence-electron chi connectivity index (χ4n) is 2.71. The average molecular weight is 282 g/mol. The number of carbonyl (C=O) groups is 1. The van der Waals surface area contributed by atoms with Crippen molar-refractivity contribution in [1.29, 1.82) is 0 Å². The quantitative estimate of drug-likeness (QED) is 0.670. The van der Waals surface area contributed by atoms with E-state index in [4.69, 9.17) is 16.2 Å². The summed E-state index contributed by atoms with van der Waals surface area (Å²) in [6, 6.07) is 11.1. The van der Waals surface area contributed by atoms with Crippen molar-refractivity contribution in [3.8, 4) is 0 Å². The molecule has 0 amide bonds. The van der Waals surface area contributed by atoms with Gasteiger partial charge in [0.1, 0.15) is 6.61 Å². The van der Waals surface area contributed by atoms with E-state index in [1.165, 1.54) is 17.5 Å². The number of ether oxygens (including phenoxy) is 1. The van der Waals surface area contributed by atoms with Gasteiger partial charge in [-0.3, -0.25) is 0 Å². The van der Waals surface area contributed by atoms with Gasteiger partial charge in [-0.25, -0.2) is 4.79 Å². The predicted octanol–water partition coefficient (Wildman–Crippen LogP) is 2.70. The van der Waals surface area contributed by atoms with E-state index < -0.39 is 5.97 Å². The van der Waals surface area contributed by atoms with E-state index >= 15 is 0 Å². The molecule has 0 unspecified atom stereocenters. The summed E-state index contributed by atoms with van der Waals surface area (Å²) in [4.78, 5) is 12.0. The van der Waals surface area contributed by atoms with Crippen LogP contribution in [0.3, 0.4) is 0 Å². The van der Waals surface area contributed by atoms with E-state index in [-0.39, 0.29) is 6.61 Å². The van der Waals surface area contributed by atoms with Crippen LogP contribution in [0, 0.1) is 0 Å². The van der Waals surface area contributed by atoms with Gasteiger partial charge in [-0.15, -0.1) is 0 Å². The Morgan fingerprint density at radius 2 is 1.86 bits per heavy atom. The smallest absolute Gasteiger partial charge is 0.340 e. The van der Waals surface area contributed by atoms with Gasteiger partial charge in [-0.05, 0) is 54.2 Å². The number of fused-ring (bicyclic) bond motifs is 1. The Bertz CT molecular complexity index is 695. The zero-order valence-electron chi connectivity index (χ0n) is 11.8. The topological polar surface area (TPSA) is 78.3 Å². The molecule has 3 rings (SSSR count). The number of benzene rings is 2. The highest BCUT2D eigenvalue weighted by Crippen LogP contribution is 2.23. The molecule has 1 aliphatic rings. The number of esters is 1. The third-order valence-electron chi connectivity index (χ3n) is 3.83. The van der Waals surface area contributed by atoms with Crippen LogP contribution < -0.4 is 11.5 Å². The van der Waals surface area contributed by atoms with Crippen molar-refractivity contribution in [3.63, 3.8) is 0 Å². The standard InChI is InChI=1S/C17H18N2O2/c18-14-6-7-15(16(19)9-14)17(20)21-10-11-4-5-12-2-1-3-13(12)8-11/h4-9H,1-3,10,18-19H2. The molecule has 2 aromatic rings. The van der Waals surface area contributed by atoms with Crippen molar-refractivity contribution in [2.24, 2.45) is 0 Å². The number of rotatable bonds is 3. The van der Waals surface area contributed by atoms with Crippen LogP contribution >= 0.6 is 0 Å². The SMILES string of the molecule is Nc1ccc(C(=O)OCc2ccc3c(c2)CCC3)c(N)c1. The number of hydrogen-bond acceptors (Lipinski definition) is 4. The van der Waals surface area contributed by atoms with Crippen LogP contribution in [0.4, 0.5) is 11.4 Å². The first kappa shape index (κ1) is 13.5. The van der Waals surface area contributed by atoms with Crippen LogP contribution in [-0.4, -0.2) is 5.97 Å². The lowest BCUT2D eigenvalue weighted by molar-refractivity contribution is 0.0474. The van der Waals surface area contributed by atoms with E-state index in [9.17, 15) is 4.79 Å². The second-order valence-corrected chi connectivity index (χ2v) is 5.38.